The summed E-state index contributed by atoms with van der Waals surface area (Å²) in [5.41, 5.74) is 3.04. The Kier molecular flexibility index (Phi) is 6.47. The molecule has 0 unspecified atom stereocenters. The van der Waals surface area contributed by atoms with Crippen molar-refractivity contribution >= 4 is 5.97 Å². The molecule has 0 atom stereocenters. The van der Waals surface area contributed by atoms with Crippen LogP contribution in [0.3, 0.4) is 0 Å². The number of rotatable bonds is 2. The molecule has 16 heavy (non-hydrogen) atoms. The third kappa shape index (κ3) is 3.69. The van der Waals surface area contributed by atoms with Gasteiger partial charge in [-0.1, -0.05) is 33.8 Å². The zero-order valence-electron chi connectivity index (χ0n) is 11.1. The fourth-order valence-corrected chi connectivity index (χ4v) is 1.57. The minimum atomic E-state index is -0.275. The van der Waals surface area contributed by atoms with Crippen LogP contribution in [0.5, 0.6) is 0 Å². The molecule has 0 saturated carbocycles. The van der Waals surface area contributed by atoms with Crippen LogP contribution in [0.15, 0.2) is 18.2 Å². The molecule has 90 valence electrons. The van der Waals surface area contributed by atoms with Crippen LogP contribution in [0.2, 0.25) is 0 Å². The fourth-order valence-electron chi connectivity index (χ4n) is 1.57. The average Bonchev–Trinajstić information content (AvgIpc) is 2.30. The highest BCUT2D eigenvalue weighted by atomic mass is 16.5. The van der Waals surface area contributed by atoms with E-state index in [0.717, 1.165) is 5.56 Å². The standard InChI is InChI=1S/C12H16O2.C2H6/c1-8(2)11-6-5-10(7-9(11)3)12(13)14-4;1-2/h5-8H,1-4H3;1-2H3. The van der Waals surface area contributed by atoms with Gasteiger partial charge in [0, 0.05) is 0 Å². The SMILES string of the molecule is CC.COC(=O)c1ccc(C(C)C)c(C)c1. The first-order chi connectivity index (χ1) is 7.56. The molecule has 0 amide bonds. The number of aryl methyl sites for hydroxylation is 1. The first kappa shape index (κ1) is 14.7. The number of benzene rings is 1. The van der Waals surface area contributed by atoms with Crippen molar-refractivity contribution in [1.29, 1.82) is 0 Å². The maximum atomic E-state index is 11.2. The molecular formula is C14H22O2. The molecule has 0 spiro atoms. The number of esters is 1. The van der Waals surface area contributed by atoms with Crippen molar-refractivity contribution in [1.82, 2.24) is 0 Å². The Morgan fingerprint density at radius 3 is 2.19 bits per heavy atom. The predicted octanol–water partition coefficient (Wildman–Crippen LogP) is 3.93. The van der Waals surface area contributed by atoms with Gasteiger partial charge in [0.2, 0.25) is 0 Å². The Balaban J connectivity index is 0.00000106. The molecule has 0 N–H and O–H groups in total. The minimum absolute atomic E-state index is 0.275. The smallest absolute Gasteiger partial charge is 0.337 e. The molecule has 2 heteroatoms. The lowest BCUT2D eigenvalue weighted by Gasteiger charge is -2.10. The molecule has 0 heterocycles. The molecule has 0 aromatic heterocycles. The molecule has 1 rings (SSSR count). The van der Waals surface area contributed by atoms with E-state index in [0.29, 0.717) is 11.5 Å². The molecule has 0 radical (unpaired) electrons. The summed E-state index contributed by atoms with van der Waals surface area (Å²) in [7, 11) is 1.40. The van der Waals surface area contributed by atoms with Crippen molar-refractivity contribution in [2.45, 2.75) is 40.5 Å². The van der Waals surface area contributed by atoms with Crippen LogP contribution in [0, 0.1) is 6.92 Å². The Labute approximate surface area is 98.6 Å². The van der Waals surface area contributed by atoms with Gasteiger partial charge in [0.15, 0.2) is 0 Å². The number of hydrogen-bond donors (Lipinski definition) is 0. The van der Waals surface area contributed by atoms with Gasteiger partial charge in [-0.3, -0.25) is 0 Å². The zero-order chi connectivity index (χ0) is 12.7. The summed E-state index contributed by atoms with van der Waals surface area (Å²) in [6.07, 6.45) is 0. The van der Waals surface area contributed by atoms with Crippen LogP contribution in [0.1, 0.15) is 55.1 Å². The summed E-state index contributed by atoms with van der Waals surface area (Å²) in [4.78, 5) is 11.2. The summed E-state index contributed by atoms with van der Waals surface area (Å²) in [5, 5.41) is 0. The highest BCUT2D eigenvalue weighted by molar-refractivity contribution is 5.89. The monoisotopic (exact) mass is 222 g/mol. The molecular weight excluding hydrogens is 200 g/mol. The lowest BCUT2D eigenvalue weighted by molar-refractivity contribution is 0.0600. The van der Waals surface area contributed by atoms with Crippen LogP contribution in [-0.4, -0.2) is 13.1 Å². The van der Waals surface area contributed by atoms with Gasteiger partial charge in [-0.05, 0) is 36.1 Å². The molecule has 0 bridgehead atoms. The molecule has 0 aliphatic rings. The molecule has 2 nitrogen and oxygen atoms in total. The van der Waals surface area contributed by atoms with E-state index in [1.807, 2.05) is 39.0 Å². The second-order valence-electron chi connectivity index (χ2n) is 3.72. The molecule has 0 aliphatic heterocycles. The Hall–Kier alpha value is -1.31. The van der Waals surface area contributed by atoms with E-state index in [2.05, 4.69) is 18.6 Å². The van der Waals surface area contributed by atoms with E-state index in [9.17, 15) is 4.79 Å². The number of methoxy groups -OCH3 is 1. The number of ether oxygens (including phenoxy) is 1. The van der Waals surface area contributed by atoms with Crippen LogP contribution in [-0.2, 0) is 4.74 Å². The fraction of sp³-hybridized carbons (Fsp3) is 0.500. The van der Waals surface area contributed by atoms with Crippen molar-refractivity contribution in [3.63, 3.8) is 0 Å². The molecule has 0 aliphatic carbocycles. The van der Waals surface area contributed by atoms with Crippen molar-refractivity contribution in [2.75, 3.05) is 7.11 Å². The summed E-state index contributed by atoms with van der Waals surface area (Å²) in [5.74, 6) is 0.213. The molecule has 1 aromatic rings. The van der Waals surface area contributed by atoms with E-state index in [-0.39, 0.29) is 5.97 Å². The molecule has 0 saturated heterocycles. The van der Waals surface area contributed by atoms with Gasteiger partial charge in [0.1, 0.15) is 0 Å². The van der Waals surface area contributed by atoms with E-state index in [4.69, 9.17) is 0 Å². The van der Waals surface area contributed by atoms with E-state index in [1.165, 1.54) is 12.7 Å². The normalized spacial score (nSPS) is 9.44. The van der Waals surface area contributed by atoms with Gasteiger partial charge in [-0.25, -0.2) is 4.79 Å². The van der Waals surface area contributed by atoms with E-state index < -0.39 is 0 Å². The van der Waals surface area contributed by atoms with E-state index >= 15 is 0 Å². The summed E-state index contributed by atoms with van der Waals surface area (Å²) in [6, 6.07) is 5.68. The minimum Gasteiger partial charge on any atom is -0.465 e. The number of carbonyl (C=O) groups is 1. The first-order valence-corrected chi connectivity index (χ1v) is 5.75. The van der Waals surface area contributed by atoms with Crippen LogP contribution >= 0.6 is 0 Å². The Bertz CT molecular complexity index is 341. The Morgan fingerprint density at radius 2 is 1.81 bits per heavy atom. The second kappa shape index (κ2) is 7.04. The third-order valence-electron chi connectivity index (χ3n) is 2.31. The van der Waals surface area contributed by atoms with Crippen molar-refractivity contribution in [2.24, 2.45) is 0 Å². The van der Waals surface area contributed by atoms with Crippen LogP contribution in [0.4, 0.5) is 0 Å². The topological polar surface area (TPSA) is 26.3 Å². The van der Waals surface area contributed by atoms with Crippen molar-refractivity contribution in [3.8, 4) is 0 Å². The number of hydrogen-bond acceptors (Lipinski definition) is 2. The lowest BCUT2D eigenvalue weighted by atomic mass is 9.96. The van der Waals surface area contributed by atoms with Gasteiger partial charge in [-0.15, -0.1) is 0 Å². The van der Waals surface area contributed by atoms with E-state index in [1.54, 1.807) is 0 Å². The average molecular weight is 222 g/mol. The van der Waals surface area contributed by atoms with Crippen molar-refractivity contribution < 1.29 is 9.53 Å². The van der Waals surface area contributed by atoms with Gasteiger partial charge in [0.25, 0.3) is 0 Å². The van der Waals surface area contributed by atoms with Gasteiger partial charge in [-0.2, -0.15) is 0 Å². The van der Waals surface area contributed by atoms with Crippen LogP contribution in [0.25, 0.3) is 0 Å². The predicted molar refractivity (Wildman–Crippen MR) is 68.0 cm³/mol. The maximum absolute atomic E-state index is 11.2. The molecule has 1 aromatic carbocycles. The number of carbonyl (C=O) groups excluding carboxylic acids is 1. The third-order valence-corrected chi connectivity index (χ3v) is 2.31. The largest absolute Gasteiger partial charge is 0.465 e. The highest BCUT2D eigenvalue weighted by Gasteiger charge is 2.08. The van der Waals surface area contributed by atoms with Gasteiger partial charge in [0.05, 0.1) is 12.7 Å². The quantitative estimate of drug-likeness (QED) is 0.709. The molecule has 0 fully saturated rings. The Morgan fingerprint density at radius 1 is 1.25 bits per heavy atom. The van der Waals surface area contributed by atoms with Crippen molar-refractivity contribution in [3.05, 3.63) is 34.9 Å². The summed E-state index contributed by atoms with van der Waals surface area (Å²) >= 11 is 0. The second-order valence-corrected chi connectivity index (χ2v) is 3.72. The zero-order valence-corrected chi connectivity index (χ0v) is 11.1. The maximum Gasteiger partial charge on any atom is 0.337 e. The van der Waals surface area contributed by atoms with Crippen LogP contribution < -0.4 is 0 Å². The highest BCUT2D eigenvalue weighted by Crippen LogP contribution is 2.20. The first-order valence-electron chi connectivity index (χ1n) is 5.75. The van der Waals surface area contributed by atoms with Gasteiger partial charge >= 0.3 is 5.97 Å². The summed E-state index contributed by atoms with van der Waals surface area (Å²) in [6.45, 7) is 10.3. The summed E-state index contributed by atoms with van der Waals surface area (Å²) < 4.78 is 4.65. The lowest BCUT2D eigenvalue weighted by Crippen LogP contribution is -2.03. The van der Waals surface area contributed by atoms with Gasteiger partial charge < -0.3 is 4.74 Å².